The molecule has 0 radical (unpaired) electrons. The summed E-state index contributed by atoms with van der Waals surface area (Å²) < 4.78 is 3.52. The molecule has 18 heavy (non-hydrogen) atoms. The fourth-order valence-electron chi connectivity index (χ4n) is 1.69. The molecule has 3 heterocycles. The number of aromatic nitrogens is 7. The number of rotatable bonds is 3. The van der Waals surface area contributed by atoms with Gasteiger partial charge in [-0.3, -0.25) is 0 Å². The highest BCUT2D eigenvalue weighted by molar-refractivity contribution is 5.44. The van der Waals surface area contributed by atoms with E-state index < -0.39 is 0 Å². The van der Waals surface area contributed by atoms with Crippen LogP contribution in [0.3, 0.4) is 0 Å². The van der Waals surface area contributed by atoms with Crippen LogP contribution < -0.4 is 5.32 Å². The van der Waals surface area contributed by atoms with Gasteiger partial charge in [0.2, 0.25) is 0 Å². The molecule has 0 atom stereocenters. The zero-order valence-electron chi connectivity index (χ0n) is 10.1. The summed E-state index contributed by atoms with van der Waals surface area (Å²) in [6, 6.07) is 1.91. The molecule has 3 aromatic rings. The van der Waals surface area contributed by atoms with Crippen molar-refractivity contribution >= 4 is 11.6 Å². The van der Waals surface area contributed by atoms with Gasteiger partial charge in [-0.1, -0.05) is 0 Å². The van der Waals surface area contributed by atoms with E-state index in [1.807, 2.05) is 24.6 Å². The summed E-state index contributed by atoms with van der Waals surface area (Å²) in [7, 11) is 1.90. The second kappa shape index (κ2) is 4.06. The van der Waals surface area contributed by atoms with Crippen LogP contribution in [0.4, 0.5) is 5.82 Å². The van der Waals surface area contributed by atoms with Crippen LogP contribution in [0.25, 0.3) is 5.78 Å². The molecule has 0 saturated carbocycles. The van der Waals surface area contributed by atoms with Gasteiger partial charge in [-0.2, -0.15) is 14.6 Å². The van der Waals surface area contributed by atoms with E-state index in [1.165, 1.54) is 6.33 Å². The average Bonchev–Trinajstić information content (AvgIpc) is 2.94. The third-order valence-electron chi connectivity index (χ3n) is 2.61. The highest BCUT2D eigenvalue weighted by Crippen LogP contribution is 2.10. The van der Waals surface area contributed by atoms with Crippen LogP contribution >= 0.6 is 0 Å². The van der Waals surface area contributed by atoms with Crippen molar-refractivity contribution in [3.63, 3.8) is 0 Å². The van der Waals surface area contributed by atoms with E-state index in [-0.39, 0.29) is 0 Å². The normalized spacial score (nSPS) is 11.0. The van der Waals surface area contributed by atoms with Crippen molar-refractivity contribution in [2.75, 3.05) is 5.32 Å². The summed E-state index contributed by atoms with van der Waals surface area (Å²) in [6.07, 6.45) is 3.15. The molecule has 0 spiro atoms. The summed E-state index contributed by atoms with van der Waals surface area (Å²) in [5, 5.41) is 15.2. The Kier molecular flexibility index (Phi) is 2.40. The lowest BCUT2D eigenvalue weighted by molar-refractivity contribution is 0.803. The van der Waals surface area contributed by atoms with Crippen LogP contribution in [0.2, 0.25) is 0 Å². The molecule has 0 unspecified atom stereocenters. The molecule has 0 bridgehead atoms. The molecule has 0 aliphatic rings. The third kappa shape index (κ3) is 1.77. The Bertz CT molecular complexity index is 682. The van der Waals surface area contributed by atoms with Crippen LogP contribution in [-0.2, 0) is 13.6 Å². The van der Waals surface area contributed by atoms with Gasteiger partial charge in [0, 0.05) is 18.8 Å². The molecule has 3 aromatic heterocycles. The number of nitrogens with zero attached hydrogens (tertiary/aromatic N) is 7. The summed E-state index contributed by atoms with van der Waals surface area (Å²) in [5.41, 5.74) is 0.885. The van der Waals surface area contributed by atoms with Gasteiger partial charge in [0.25, 0.3) is 5.78 Å². The molecular formula is C10H12N8. The predicted octanol–water partition coefficient (Wildman–Crippen LogP) is 0.173. The van der Waals surface area contributed by atoms with Crippen molar-refractivity contribution in [2.24, 2.45) is 7.05 Å². The number of nitrogens with one attached hydrogen (secondary N) is 1. The maximum atomic E-state index is 4.28. The lowest BCUT2D eigenvalue weighted by Crippen LogP contribution is -2.10. The van der Waals surface area contributed by atoms with E-state index in [1.54, 1.807) is 10.8 Å². The molecular weight excluding hydrogens is 232 g/mol. The number of fused-ring (bicyclic) bond motifs is 1. The minimum atomic E-state index is 0.564. The molecule has 0 saturated heterocycles. The predicted molar refractivity (Wildman–Crippen MR) is 63.8 cm³/mol. The maximum Gasteiger partial charge on any atom is 0.254 e. The topological polar surface area (TPSA) is 85.8 Å². The third-order valence-corrected chi connectivity index (χ3v) is 2.61. The molecule has 0 fully saturated rings. The van der Waals surface area contributed by atoms with Crippen LogP contribution in [0.15, 0.2) is 18.7 Å². The van der Waals surface area contributed by atoms with Gasteiger partial charge in [-0.05, 0) is 6.92 Å². The summed E-state index contributed by atoms with van der Waals surface area (Å²) in [5.74, 6) is 2.26. The van der Waals surface area contributed by atoms with Crippen molar-refractivity contribution in [3.8, 4) is 0 Å². The molecule has 0 amide bonds. The largest absolute Gasteiger partial charge is 0.363 e. The molecule has 1 N–H and O–H groups in total. The Balaban J connectivity index is 1.90. The van der Waals surface area contributed by atoms with Gasteiger partial charge in [0.1, 0.15) is 18.5 Å². The van der Waals surface area contributed by atoms with Crippen LogP contribution in [-0.4, -0.2) is 34.3 Å². The first-order chi connectivity index (χ1) is 8.74. The number of hydrogen-bond acceptors (Lipinski definition) is 6. The van der Waals surface area contributed by atoms with E-state index in [0.29, 0.717) is 12.3 Å². The SMILES string of the molecule is Cc1cc(NCc2nncn2C)n2ncnc2n1. The Morgan fingerprint density at radius 1 is 1.39 bits per heavy atom. The standard InChI is InChI=1S/C10H12N8/c1-7-3-8(18-10(15-7)12-5-14-18)11-4-9-16-13-6-17(9)2/h3,5-6,11H,4H2,1-2H3. The Labute approximate surface area is 103 Å². The summed E-state index contributed by atoms with van der Waals surface area (Å²) >= 11 is 0. The average molecular weight is 244 g/mol. The first-order valence-electron chi connectivity index (χ1n) is 5.48. The van der Waals surface area contributed by atoms with Gasteiger partial charge in [-0.25, -0.2) is 4.98 Å². The number of aryl methyl sites for hydroxylation is 2. The molecule has 0 aliphatic heterocycles. The van der Waals surface area contributed by atoms with Gasteiger partial charge in [-0.15, -0.1) is 10.2 Å². The van der Waals surface area contributed by atoms with Crippen molar-refractivity contribution in [3.05, 3.63) is 30.2 Å². The molecule has 8 heteroatoms. The quantitative estimate of drug-likeness (QED) is 0.707. The van der Waals surface area contributed by atoms with E-state index in [4.69, 9.17) is 0 Å². The lowest BCUT2D eigenvalue weighted by atomic mass is 10.4. The fourth-order valence-corrected chi connectivity index (χ4v) is 1.69. The van der Waals surface area contributed by atoms with Crippen molar-refractivity contribution in [1.29, 1.82) is 0 Å². The Hall–Kier alpha value is -2.51. The highest BCUT2D eigenvalue weighted by Gasteiger charge is 2.06. The zero-order valence-corrected chi connectivity index (χ0v) is 10.1. The highest BCUT2D eigenvalue weighted by atomic mass is 15.4. The maximum absolute atomic E-state index is 4.28. The van der Waals surface area contributed by atoms with Crippen LogP contribution in [0.1, 0.15) is 11.5 Å². The first kappa shape index (κ1) is 10.6. The Morgan fingerprint density at radius 3 is 3.06 bits per heavy atom. The van der Waals surface area contributed by atoms with Crippen molar-refractivity contribution in [1.82, 2.24) is 34.3 Å². The molecule has 0 aromatic carbocycles. The van der Waals surface area contributed by atoms with Crippen molar-refractivity contribution < 1.29 is 0 Å². The van der Waals surface area contributed by atoms with E-state index in [0.717, 1.165) is 17.3 Å². The molecule has 8 nitrogen and oxygen atoms in total. The fraction of sp³-hybridized carbons (Fsp3) is 0.300. The number of anilines is 1. The van der Waals surface area contributed by atoms with Gasteiger partial charge >= 0.3 is 0 Å². The minimum absolute atomic E-state index is 0.564. The van der Waals surface area contributed by atoms with Crippen molar-refractivity contribution in [2.45, 2.75) is 13.5 Å². The minimum Gasteiger partial charge on any atom is -0.363 e. The van der Waals surface area contributed by atoms with E-state index in [9.17, 15) is 0 Å². The molecule has 0 aliphatic carbocycles. The van der Waals surface area contributed by atoms with E-state index in [2.05, 4.69) is 30.6 Å². The number of hydrogen-bond donors (Lipinski definition) is 1. The van der Waals surface area contributed by atoms with Gasteiger partial charge < -0.3 is 9.88 Å². The van der Waals surface area contributed by atoms with E-state index >= 15 is 0 Å². The second-order valence-corrected chi connectivity index (χ2v) is 3.97. The van der Waals surface area contributed by atoms with Gasteiger partial charge in [0.15, 0.2) is 5.82 Å². The summed E-state index contributed by atoms with van der Waals surface area (Å²) in [4.78, 5) is 8.35. The smallest absolute Gasteiger partial charge is 0.254 e. The van der Waals surface area contributed by atoms with Crippen LogP contribution in [0.5, 0.6) is 0 Å². The monoisotopic (exact) mass is 244 g/mol. The second-order valence-electron chi connectivity index (χ2n) is 3.97. The molecule has 92 valence electrons. The lowest BCUT2D eigenvalue weighted by Gasteiger charge is -2.07. The zero-order chi connectivity index (χ0) is 12.5. The Morgan fingerprint density at radius 2 is 2.28 bits per heavy atom. The first-order valence-corrected chi connectivity index (χ1v) is 5.48. The summed E-state index contributed by atoms with van der Waals surface area (Å²) in [6.45, 7) is 2.48. The van der Waals surface area contributed by atoms with Crippen LogP contribution in [0, 0.1) is 6.92 Å². The van der Waals surface area contributed by atoms with Gasteiger partial charge in [0.05, 0.1) is 6.54 Å². The molecule has 3 rings (SSSR count).